The van der Waals surface area contributed by atoms with Crippen LogP contribution in [0.4, 0.5) is 5.69 Å². The number of carbonyl (C=O) groups is 1. The number of nitrogens with one attached hydrogen (secondary N) is 1. The smallest absolute Gasteiger partial charge is 0.234 e. The second-order valence-corrected chi connectivity index (χ2v) is 8.00. The van der Waals surface area contributed by atoms with Crippen LogP contribution in [0.15, 0.2) is 59.8 Å². The minimum atomic E-state index is -0.0720. The molecule has 7 heteroatoms. The fourth-order valence-corrected chi connectivity index (χ4v) is 4.17. The van der Waals surface area contributed by atoms with Gasteiger partial charge in [-0.15, -0.1) is 10.2 Å². The Morgan fingerprint density at radius 1 is 1.14 bits per heavy atom. The van der Waals surface area contributed by atoms with Gasteiger partial charge in [0.25, 0.3) is 0 Å². The summed E-state index contributed by atoms with van der Waals surface area (Å²) < 4.78 is 7.43. The van der Waals surface area contributed by atoms with Gasteiger partial charge < -0.3 is 14.6 Å². The number of carbonyl (C=O) groups excluding carboxylic acids is 1. The second-order valence-electron chi connectivity index (χ2n) is 7.05. The first-order valence-corrected chi connectivity index (χ1v) is 10.7. The number of rotatable bonds is 8. The molecule has 1 N–H and O–H groups in total. The summed E-state index contributed by atoms with van der Waals surface area (Å²) in [5.41, 5.74) is 2.10. The number of thioether (sulfide) groups is 1. The Hall–Kier alpha value is -2.80. The van der Waals surface area contributed by atoms with E-state index in [9.17, 15) is 4.79 Å². The van der Waals surface area contributed by atoms with Crippen LogP contribution in [0.2, 0.25) is 0 Å². The maximum absolute atomic E-state index is 12.3. The predicted octanol–water partition coefficient (Wildman–Crippen LogP) is 4.22. The molecule has 1 aromatic heterocycles. The van der Waals surface area contributed by atoms with E-state index in [1.165, 1.54) is 17.3 Å². The lowest BCUT2D eigenvalue weighted by atomic mass is 10.1. The molecule has 0 radical (unpaired) electrons. The van der Waals surface area contributed by atoms with Crippen LogP contribution in [-0.2, 0) is 11.8 Å². The normalized spacial score (nSPS) is 17.7. The third-order valence-electron chi connectivity index (χ3n) is 5.00. The molecule has 1 saturated carbocycles. The summed E-state index contributed by atoms with van der Waals surface area (Å²) in [7, 11) is 1.97. The highest BCUT2D eigenvalue weighted by molar-refractivity contribution is 7.99. The van der Waals surface area contributed by atoms with E-state index in [1.54, 1.807) is 0 Å². The Morgan fingerprint density at radius 2 is 1.90 bits per heavy atom. The monoisotopic (exact) mass is 408 g/mol. The molecule has 0 aliphatic heterocycles. The second kappa shape index (κ2) is 8.69. The number of nitrogens with zero attached hydrogens (tertiary/aromatic N) is 3. The number of aromatic nitrogens is 3. The van der Waals surface area contributed by atoms with E-state index in [0.29, 0.717) is 18.4 Å². The van der Waals surface area contributed by atoms with Crippen molar-refractivity contribution >= 4 is 23.4 Å². The summed E-state index contributed by atoms with van der Waals surface area (Å²) in [6.45, 7) is 2.56. The minimum absolute atomic E-state index is 0.0720. The summed E-state index contributed by atoms with van der Waals surface area (Å²) in [5.74, 6) is 2.92. The van der Waals surface area contributed by atoms with E-state index in [4.69, 9.17) is 4.74 Å². The van der Waals surface area contributed by atoms with E-state index in [1.807, 2.05) is 48.9 Å². The number of amides is 1. The summed E-state index contributed by atoms with van der Waals surface area (Å²) in [6, 6.07) is 17.9. The van der Waals surface area contributed by atoms with Gasteiger partial charge in [-0.1, -0.05) is 42.1 Å². The SMILES string of the molecule is CCOc1ccc(NC(=O)CSc2nnc(C3CC3c3ccccc3)n2C)cc1. The lowest BCUT2D eigenvalue weighted by molar-refractivity contribution is -0.113. The Morgan fingerprint density at radius 3 is 2.62 bits per heavy atom. The predicted molar refractivity (Wildman–Crippen MR) is 115 cm³/mol. The van der Waals surface area contributed by atoms with Gasteiger partial charge in [0, 0.05) is 18.7 Å². The van der Waals surface area contributed by atoms with E-state index < -0.39 is 0 Å². The Balaban J connectivity index is 1.31. The number of anilines is 1. The van der Waals surface area contributed by atoms with Crippen molar-refractivity contribution in [2.45, 2.75) is 30.3 Å². The van der Waals surface area contributed by atoms with Crippen molar-refractivity contribution in [3.63, 3.8) is 0 Å². The molecule has 3 aromatic rings. The van der Waals surface area contributed by atoms with Crippen molar-refractivity contribution in [2.75, 3.05) is 17.7 Å². The van der Waals surface area contributed by atoms with Gasteiger partial charge in [-0.3, -0.25) is 4.79 Å². The van der Waals surface area contributed by atoms with Crippen molar-refractivity contribution in [3.05, 3.63) is 66.0 Å². The molecule has 4 rings (SSSR count). The maximum Gasteiger partial charge on any atom is 0.234 e. The molecule has 1 aliphatic carbocycles. The third-order valence-corrected chi connectivity index (χ3v) is 6.02. The molecule has 1 aliphatic rings. The van der Waals surface area contributed by atoms with Crippen LogP contribution in [-0.4, -0.2) is 33.0 Å². The summed E-state index contributed by atoms with van der Waals surface area (Å²) in [6.07, 6.45) is 1.10. The summed E-state index contributed by atoms with van der Waals surface area (Å²) in [4.78, 5) is 12.3. The van der Waals surface area contributed by atoms with Crippen molar-refractivity contribution in [1.29, 1.82) is 0 Å². The fraction of sp³-hybridized carbons (Fsp3) is 0.318. The quantitative estimate of drug-likeness (QED) is 0.565. The zero-order chi connectivity index (χ0) is 20.2. The van der Waals surface area contributed by atoms with Crippen molar-refractivity contribution < 1.29 is 9.53 Å². The van der Waals surface area contributed by atoms with Crippen LogP contribution in [0.3, 0.4) is 0 Å². The van der Waals surface area contributed by atoms with E-state index in [2.05, 4.69) is 39.8 Å². The largest absolute Gasteiger partial charge is 0.494 e. The van der Waals surface area contributed by atoms with Crippen molar-refractivity contribution in [3.8, 4) is 5.75 Å². The lowest BCUT2D eigenvalue weighted by Crippen LogP contribution is -2.14. The highest BCUT2D eigenvalue weighted by atomic mass is 32.2. The number of ether oxygens (including phenoxy) is 1. The van der Waals surface area contributed by atoms with Crippen LogP contribution in [0.1, 0.15) is 36.6 Å². The highest BCUT2D eigenvalue weighted by Crippen LogP contribution is 2.54. The maximum atomic E-state index is 12.3. The number of hydrogen-bond donors (Lipinski definition) is 1. The number of hydrogen-bond acceptors (Lipinski definition) is 5. The van der Waals surface area contributed by atoms with Gasteiger partial charge in [-0.05, 0) is 49.1 Å². The average Bonchev–Trinajstić information content (AvgIpc) is 3.45. The minimum Gasteiger partial charge on any atom is -0.494 e. The molecule has 0 saturated heterocycles. The first-order valence-electron chi connectivity index (χ1n) is 9.75. The Kier molecular flexibility index (Phi) is 5.85. The van der Waals surface area contributed by atoms with Crippen molar-refractivity contribution in [1.82, 2.24) is 14.8 Å². The van der Waals surface area contributed by atoms with Gasteiger partial charge in [0.05, 0.1) is 12.4 Å². The average molecular weight is 409 g/mol. The summed E-state index contributed by atoms with van der Waals surface area (Å²) >= 11 is 1.40. The number of benzene rings is 2. The zero-order valence-corrected chi connectivity index (χ0v) is 17.4. The van der Waals surface area contributed by atoms with Gasteiger partial charge in [0.2, 0.25) is 5.91 Å². The molecule has 2 unspecified atom stereocenters. The van der Waals surface area contributed by atoms with Gasteiger partial charge in [0.1, 0.15) is 11.6 Å². The van der Waals surface area contributed by atoms with Crippen LogP contribution in [0, 0.1) is 0 Å². The zero-order valence-electron chi connectivity index (χ0n) is 16.5. The molecule has 2 aromatic carbocycles. The van der Waals surface area contributed by atoms with Crippen LogP contribution >= 0.6 is 11.8 Å². The lowest BCUT2D eigenvalue weighted by Gasteiger charge is -2.07. The molecule has 0 spiro atoms. The molecule has 0 bridgehead atoms. The van der Waals surface area contributed by atoms with Gasteiger partial charge >= 0.3 is 0 Å². The molecule has 2 atom stereocenters. The standard InChI is InChI=1S/C22H24N4O2S/c1-3-28-17-11-9-16(10-12-17)23-20(27)14-29-22-25-24-21(26(22)2)19-13-18(19)15-7-5-4-6-8-15/h4-12,18-19H,3,13-14H2,1-2H3,(H,23,27). The summed E-state index contributed by atoms with van der Waals surface area (Å²) in [5, 5.41) is 12.3. The molecule has 1 fully saturated rings. The van der Waals surface area contributed by atoms with E-state index in [0.717, 1.165) is 28.8 Å². The molecular formula is C22H24N4O2S. The first-order chi connectivity index (χ1) is 14.2. The highest BCUT2D eigenvalue weighted by Gasteiger charge is 2.42. The fourth-order valence-electron chi connectivity index (χ4n) is 3.45. The molecule has 1 heterocycles. The third kappa shape index (κ3) is 4.62. The van der Waals surface area contributed by atoms with Gasteiger partial charge in [-0.25, -0.2) is 0 Å². The topological polar surface area (TPSA) is 69.0 Å². The van der Waals surface area contributed by atoms with Crippen LogP contribution in [0.25, 0.3) is 0 Å². The molecule has 1 amide bonds. The molecular weight excluding hydrogens is 384 g/mol. The Labute approximate surface area is 174 Å². The van der Waals surface area contributed by atoms with E-state index in [-0.39, 0.29) is 11.7 Å². The van der Waals surface area contributed by atoms with Crippen molar-refractivity contribution in [2.24, 2.45) is 7.05 Å². The van der Waals surface area contributed by atoms with Gasteiger partial charge in [0.15, 0.2) is 5.16 Å². The van der Waals surface area contributed by atoms with Crippen LogP contribution in [0.5, 0.6) is 5.75 Å². The molecule has 6 nitrogen and oxygen atoms in total. The Bertz CT molecular complexity index is 972. The first kappa shape index (κ1) is 19.5. The van der Waals surface area contributed by atoms with Crippen LogP contribution < -0.4 is 10.1 Å². The van der Waals surface area contributed by atoms with E-state index >= 15 is 0 Å². The van der Waals surface area contributed by atoms with Gasteiger partial charge in [-0.2, -0.15) is 0 Å². The molecule has 29 heavy (non-hydrogen) atoms. The molecule has 150 valence electrons.